The molecule has 1 aromatic carbocycles. The Hall–Kier alpha value is -1.85. The third-order valence-electron chi connectivity index (χ3n) is 4.09. The molecule has 2 rings (SSSR count). The SMILES string of the molecule is CCN(CC)CCNC(=O)[C@H](C)Nc1ccnc2cc(Cl)ccc12. The Kier molecular flexibility index (Phi) is 6.82. The van der Waals surface area contributed by atoms with Gasteiger partial charge in [-0.1, -0.05) is 25.4 Å². The van der Waals surface area contributed by atoms with Crippen molar-refractivity contribution in [3.05, 3.63) is 35.5 Å². The van der Waals surface area contributed by atoms with E-state index in [-0.39, 0.29) is 11.9 Å². The maximum atomic E-state index is 12.3. The lowest BCUT2D eigenvalue weighted by molar-refractivity contribution is -0.121. The van der Waals surface area contributed by atoms with Crippen molar-refractivity contribution in [2.45, 2.75) is 26.8 Å². The molecule has 24 heavy (non-hydrogen) atoms. The molecule has 0 unspecified atom stereocenters. The fourth-order valence-electron chi connectivity index (χ4n) is 2.58. The van der Waals surface area contributed by atoms with E-state index in [9.17, 15) is 4.79 Å². The second-order valence-corrected chi connectivity index (χ2v) is 6.14. The fourth-order valence-corrected chi connectivity index (χ4v) is 2.74. The van der Waals surface area contributed by atoms with E-state index in [1.807, 2.05) is 31.2 Å². The number of carbonyl (C=O) groups is 1. The standard InChI is InChI=1S/C18H25ClN4O/c1-4-23(5-2)11-10-21-18(24)13(3)22-16-8-9-20-17-12-14(19)6-7-15(16)17/h6-9,12-13H,4-5,10-11H2,1-3H3,(H,20,22)(H,21,24)/t13-/m0/s1. The molecule has 0 fully saturated rings. The van der Waals surface area contributed by atoms with Crippen LogP contribution in [0.2, 0.25) is 5.02 Å². The smallest absolute Gasteiger partial charge is 0.242 e. The molecule has 2 aromatic rings. The van der Waals surface area contributed by atoms with Crippen LogP contribution >= 0.6 is 11.6 Å². The molecular weight excluding hydrogens is 324 g/mol. The molecule has 5 nitrogen and oxygen atoms in total. The van der Waals surface area contributed by atoms with Crippen LogP contribution < -0.4 is 10.6 Å². The molecule has 6 heteroatoms. The van der Waals surface area contributed by atoms with E-state index in [0.29, 0.717) is 11.6 Å². The van der Waals surface area contributed by atoms with Crippen molar-refractivity contribution in [1.29, 1.82) is 0 Å². The monoisotopic (exact) mass is 348 g/mol. The summed E-state index contributed by atoms with van der Waals surface area (Å²) in [6.45, 7) is 9.60. The number of halogens is 1. The number of pyridine rings is 1. The number of likely N-dealkylation sites (N-methyl/N-ethyl adjacent to an activating group) is 1. The minimum Gasteiger partial charge on any atom is -0.373 e. The Balaban J connectivity index is 1.96. The van der Waals surface area contributed by atoms with Crippen molar-refractivity contribution < 1.29 is 4.79 Å². The number of hydrogen-bond acceptors (Lipinski definition) is 4. The average Bonchev–Trinajstić information content (AvgIpc) is 2.58. The third-order valence-corrected chi connectivity index (χ3v) is 4.33. The number of nitrogens with zero attached hydrogens (tertiary/aromatic N) is 2. The quantitative estimate of drug-likeness (QED) is 0.769. The van der Waals surface area contributed by atoms with Crippen molar-refractivity contribution in [2.24, 2.45) is 0 Å². The van der Waals surface area contributed by atoms with Gasteiger partial charge in [0.2, 0.25) is 5.91 Å². The molecular formula is C18H25ClN4O. The van der Waals surface area contributed by atoms with Gasteiger partial charge in [0.15, 0.2) is 0 Å². The third kappa shape index (κ3) is 4.82. The largest absolute Gasteiger partial charge is 0.373 e. The van der Waals surface area contributed by atoms with Crippen LogP contribution in [0.15, 0.2) is 30.5 Å². The Labute approximate surface area is 148 Å². The van der Waals surface area contributed by atoms with E-state index >= 15 is 0 Å². The van der Waals surface area contributed by atoms with E-state index in [1.54, 1.807) is 6.20 Å². The lowest BCUT2D eigenvalue weighted by Gasteiger charge is -2.20. The van der Waals surface area contributed by atoms with Crippen molar-refractivity contribution in [3.63, 3.8) is 0 Å². The highest BCUT2D eigenvalue weighted by molar-refractivity contribution is 6.31. The van der Waals surface area contributed by atoms with Crippen LogP contribution in [0.3, 0.4) is 0 Å². The predicted octanol–water partition coefficient (Wildman–Crippen LogP) is 3.15. The normalized spacial score (nSPS) is 12.4. The lowest BCUT2D eigenvalue weighted by atomic mass is 10.1. The van der Waals surface area contributed by atoms with E-state index in [0.717, 1.165) is 36.2 Å². The Bertz CT molecular complexity index is 688. The number of anilines is 1. The minimum atomic E-state index is -0.331. The number of benzene rings is 1. The van der Waals surface area contributed by atoms with Crippen molar-refractivity contribution in [2.75, 3.05) is 31.5 Å². The Morgan fingerprint density at radius 3 is 2.75 bits per heavy atom. The minimum absolute atomic E-state index is 0.0129. The fraction of sp³-hybridized carbons (Fsp3) is 0.444. The molecule has 0 aliphatic carbocycles. The molecule has 1 amide bonds. The highest BCUT2D eigenvalue weighted by Gasteiger charge is 2.14. The highest BCUT2D eigenvalue weighted by Crippen LogP contribution is 2.24. The summed E-state index contributed by atoms with van der Waals surface area (Å²) in [4.78, 5) is 18.9. The van der Waals surface area contributed by atoms with Crippen LogP contribution in [0.1, 0.15) is 20.8 Å². The lowest BCUT2D eigenvalue weighted by Crippen LogP contribution is -2.41. The molecule has 0 aliphatic rings. The number of aromatic nitrogens is 1. The van der Waals surface area contributed by atoms with E-state index < -0.39 is 0 Å². The zero-order valence-electron chi connectivity index (χ0n) is 14.5. The zero-order valence-corrected chi connectivity index (χ0v) is 15.2. The molecule has 130 valence electrons. The van der Waals surface area contributed by atoms with Crippen molar-refractivity contribution in [3.8, 4) is 0 Å². The Morgan fingerprint density at radius 1 is 1.29 bits per heavy atom. The van der Waals surface area contributed by atoms with Gasteiger partial charge in [0, 0.05) is 35.4 Å². The molecule has 0 aliphatic heterocycles. The Morgan fingerprint density at radius 2 is 2.04 bits per heavy atom. The molecule has 0 spiro atoms. The maximum absolute atomic E-state index is 12.3. The molecule has 1 aromatic heterocycles. The molecule has 0 radical (unpaired) electrons. The molecule has 0 saturated heterocycles. The summed E-state index contributed by atoms with van der Waals surface area (Å²) < 4.78 is 0. The van der Waals surface area contributed by atoms with Gasteiger partial charge in [0.05, 0.1) is 5.52 Å². The van der Waals surface area contributed by atoms with Crippen LogP contribution in [0.25, 0.3) is 10.9 Å². The summed E-state index contributed by atoms with van der Waals surface area (Å²) >= 11 is 6.01. The van der Waals surface area contributed by atoms with Gasteiger partial charge in [0.1, 0.15) is 6.04 Å². The first kappa shape index (κ1) is 18.5. The second kappa shape index (κ2) is 8.85. The first-order chi connectivity index (χ1) is 11.5. The van der Waals surface area contributed by atoms with Gasteiger partial charge in [-0.05, 0) is 44.3 Å². The zero-order chi connectivity index (χ0) is 17.5. The van der Waals surface area contributed by atoms with Crippen molar-refractivity contribution in [1.82, 2.24) is 15.2 Å². The summed E-state index contributed by atoms with van der Waals surface area (Å²) in [5.74, 6) is -0.0129. The highest BCUT2D eigenvalue weighted by atomic mass is 35.5. The van der Waals surface area contributed by atoms with E-state index in [4.69, 9.17) is 11.6 Å². The van der Waals surface area contributed by atoms with E-state index in [2.05, 4.69) is 34.4 Å². The van der Waals surface area contributed by atoms with Crippen LogP contribution in [0, 0.1) is 0 Å². The summed E-state index contributed by atoms with van der Waals surface area (Å²) in [7, 11) is 0. The van der Waals surface area contributed by atoms with Gasteiger partial charge in [0.25, 0.3) is 0 Å². The van der Waals surface area contributed by atoms with Crippen LogP contribution in [0.4, 0.5) is 5.69 Å². The predicted molar refractivity (Wildman–Crippen MR) is 101 cm³/mol. The van der Waals surface area contributed by atoms with Crippen LogP contribution in [-0.4, -0.2) is 48.0 Å². The van der Waals surface area contributed by atoms with Gasteiger partial charge < -0.3 is 15.5 Å². The number of fused-ring (bicyclic) bond motifs is 1. The maximum Gasteiger partial charge on any atom is 0.242 e. The number of nitrogens with one attached hydrogen (secondary N) is 2. The van der Waals surface area contributed by atoms with Gasteiger partial charge >= 0.3 is 0 Å². The summed E-state index contributed by atoms with van der Waals surface area (Å²) in [5, 5.41) is 7.84. The molecule has 0 bridgehead atoms. The summed E-state index contributed by atoms with van der Waals surface area (Å²) in [5.41, 5.74) is 1.68. The van der Waals surface area contributed by atoms with Gasteiger partial charge in [-0.15, -0.1) is 0 Å². The summed E-state index contributed by atoms with van der Waals surface area (Å²) in [6.07, 6.45) is 1.71. The first-order valence-corrected chi connectivity index (χ1v) is 8.73. The van der Waals surface area contributed by atoms with Gasteiger partial charge in [-0.3, -0.25) is 9.78 Å². The van der Waals surface area contributed by atoms with E-state index in [1.165, 1.54) is 0 Å². The van der Waals surface area contributed by atoms with Gasteiger partial charge in [-0.25, -0.2) is 0 Å². The average molecular weight is 349 g/mol. The van der Waals surface area contributed by atoms with Crippen LogP contribution in [0.5, 0.6) is 0 Å². The van der Waals surface area contributed by atoms with Gasteiger partial charge in [-0.2, -0.15) is 0 Å². The molecule has 1 heterocycles. The van der Waals surface area contributed by atoms with Crippen LogP contribution in [-0.2, 0) is 4.79 Å². The number of amides is 1. The number of carbonyl (C=O) groups excluding carboxylic acids is 1. The number of rotatable bonds is 8. The number of hydrogen-bond donors (Lipinski definition) is 2. The van der Waals surface area contributed by atoms with Crippen molar-refractivity contribution >= 4 is 34.1 Å². The second-order valence-electron chi connectivity index (χ2n) is 5.70. The molecule has 2 N–H and O–H groups in total. The summed E-state index contributed by atoms with van der Waals surface area (Å²) in [6, 6.07) is 7.10. The topological polar surface area (TPSA) is 57.3 Å². The molecule has 0 saturated carbocycles. The first-order valence-electron chi connectivity index (χ1n) is 8.36. The molecule has 1 atom stereocenters.